The lowest BCUT2D eigenvalue weighted by atomic mass is 10.0. The molecule has 2 N–H and O–H groups in total. The van der Waals surface area contributed by atoms with Crippen molar-refractivity contribution in [1.29, 1.82) is 0 Å². The lowest BCUT2D eigenvalue weighted by Crippen LogP contribution is -2.43. The minimum Gasteiger partial charge on any atom is -0.352 e. The van der Waals surface area contributed by atoms with Crippen LogP contribution in [0.25, 0.3) is 22.2 Å². The summed E-state index contributed by atoms with van der Waals surface area (Å²) >= 11 is 0. The number of amidine groups is 1. The Labute approximate surface area is 173 Å². The van der Waals surface area contributed by atoms with Crippen LogP contribution in [0.3, 0.4) is 0 Å². The quantitative estimate of drug-likeness (QED) is 0.643. The summed E-state index contributed by atoms with van der Waals surface area (Å²) in [6.45, 7) is 1.75. The number of aliphatic imine (C=N–C) groups is 1. The van der Waals surface area contributed by atoms with Gasteiger partial charge in [0.2, 0.25) is 5.91 Å². The van der Waals surface area contributed by atoms with E-state index in [1.165, 1.54) is 6.92 Å². The van der Waals surface area contributed by atoms with Gasteiger partial charge in [0, 0.05) is 23.9 Å². The van der Waals surface area contributed by atoms with Gasteiger partial charge in [-0.25, -0.2) is 4.98 Å². The zero-order chi connectivity index (χ0) is 21.1. The SMILES string of the molecule is CC1C(=O)N=C(CCNC(=O)c2cc(-c3ccccc3)nc3ccccc23)NC1=O. The van der Waals surface area contributed by atoms with Gasteiger partial charge in [-0.2, -0.15) is 4.99 Å². The molecule has 7 heteroatoms. The van der Waals surface area contributed by atoms with Crippen molar-refractivity contribution in [3.05, 3.63) is 66.2 Å². The van der Waals surface area contributed by atoms with Gasteiger partial charge in [0.05, 0.1) is 16.8 Å². The second-order valence-corrected chi connectivity index (χ2v) is 7.05. The van der Waals surface area contributed by atoms with Crippen LogP contribution in [0.4, 0.5) is 0 Å². The predicted octanol–water partition coefficient (Wildman–Crippen LogP) is 2.71. The fourth-order valence-electron chi connectivity index (χ4n) is 3.25. The molecular formula is C23H20N4O3. The Hall–Kier alpha value is -3.87. The molecule has 30 heavy (non-hydrogen) atoms. The molecule has 0 saturated carbocycles. The number of fused-ring (bicyclic) bond motifs is 1. The summed E-state index contributed by atoms with van der Waals surface area (Å²) in [6.07, 6.45) is 0.254. The van der Waals surface area contributed by atoms with Gasteiger partial charge in [-0.15, -0.1) is 0 Å². The fraction of sp³-hybridized carbons (Fsp3) is 0.174. The van der Waals surface area contributed by atoms with Crippen LogP contribution < -0.4 is 10.6 Å². The number of hydrogen-bond acceptors (Lipinski definition) is 4. The molecule has 0 saturated heterocycles. The van der Waals surface area contributed by atoms with Crippen molar-refractivity contribution in [2.75, 3.05) is 6.54 Å². The first-order valence-corrected chi connectivity index (χ1v) is 9.68. The topological polar surface area (TPSA) is 101 Å². The molecule has 3 amide bonds. The summed E-state index contributed by atoms with van der Waals surface area (Å²) in [6, 6.07) is 18.9. The van der Waals surface area contributed by atoms with E-state index in [0.29, 0.717) is 11.3 Å². The summed E-state index contributed by atoms with van der Waals surface area (Å²) in [7, 11) is 0. The van der Waals surface area contributed by atoms with Crippen LogP contribution in [0, 0.1) is 5.92 Å². The maximum absolute atomic E-state index is 12.9. The molecule has 0 fully saturated rings. The molecule has 1 aliphatic rings. The van der Waals surface area contributed by atoms with Crippen molar-refractivity contribution in [2.24, 2.45) is 10.9 Å². The molecule has 1 atom stereocenters. The molecule has 2 heterocycles. The smallest absolute Gasteiger partial charge is 0.259 e. The largest absolute Gasteiger partial charge is 0.352 e. The fourth-order valence-corrected chi connectivity index (χ4v) is 3.25. The third kappa shape index (κ3) is 3.96. The molecule has 1 aromatic heterocycles. The minimum absolute atomic E-state index is 0.233. The number of pyridine rings is 1. The molecule has 1 unspecified atom stereocenters. The third-order valence-corrected chi connectivity index (χ3v) is 4.95. The van der Waals surface area contributed by atoms with Gasteiger partial charge in [0.1, 0.15) is 11.8 Å². The Morgan fingerprint density at radius 2 is 1.80 bits per heavy atom. The third-order valence-electron chi connectivity index (χ3n) is 4.95. The Kier molecular flexibility index (Phi) is 5.34. The second-order valence-electron chi connectivity index (χ2n) is 7.05. The Morgan fingerprint density at radius 1 is 1.07 bits per heavy atom. The zero-order valence-electron chi connectivity index (χ0n) is 16.4. The zero-order valence-corrected chi connectivity index (χ0v) is 16.4. The molecule has 0 spiro atoms. The predicted molar refractivity (Wildman–Crippen MR) is 114 cm³/mol. The van der Waals surface area contributed by atoms with Crippen LogP contribution >= 0.6 is 0 Å². The lowest BCUT2D eigenvalue weighted by molar-refractivity contribution is -0.132. The second kappa shape index (κ2) is 8.24. The number of carbonyl (C=O) groups excluding carboxylic acids is 3. The van der Waals surface area contributed by atoms with Crippen LogP contribution in [-0.4, -0.2) is 35.1 Å². The molecule has 0 radical (unpaired) electrons. The Bertz CT molecular complexity index is 1170. The number of hydrogen-bond donors (Lipinski definition) is 2. The molecule has 4 rings (SSSR count). The van der Waals surface area contributed by atoms with Gasteiger partial charge < -0.3 is 10.6 Å². The number of rotatable bonds is 5. The highest BCUT2D eigenvalue weighted by Crippen LogP contribution is 2.24. The van der Waals surface area contributed by atoms with Crippen LogP contribution in [0.1, 0.15) is 23.7 Å². The van der Waals surface area contributed by atoms with E-state index in [9.17, 15) is 14.4 Å². The average Bonchev–Trinajstić information content (AvgIpc) is 2.77. The number of carbonyl (C=O) groups is 3. The van der Waals surface area contributed by atoms with E-state index < -0.39 is 11.8 Å². The van der Waals surface area contributed by atoms with Gasteiger partial charge >= 0.3 is 0 Å². The number of para-hydroxylation sites is 1. The van der Waals surface area contributed by atoms with E-state index in [4.69, 9.17) is 0 Å². The van der Waals surface area contributed by atoms with Gasteiger partial charge in [-0.1, -0.05) is 48.5 Å². The van der Waals surface area contributed by atoms with Crippen LogP contribution in [0.15, 0.2) is 65.7 Å². The van der Waals surface area contributed by atoms with Crippen LogP contribution in [0.5, 0.6) is 0 Å². The van der Waals surface area contributed by atoms with Crippen molar-refractivity contribution in [3.63, 3.8) is 0 Å². The van der Waals surface area contributed by atoms with E-state index >= 15 is 0 Å². The van der Waals surface area contributed by atoms with Gasteiger partial charge in [-0.3, -0.25) is 14.4 Å². The van der Waals surface area contributed by atoms with Crippen molar-refractivity contribution in [2.45, 2.75) is 13.3 Å². The highest BCUT2D eigenvalue weighted by Gasteiger charge is 2.27. The highest BCUT2D eigenvalue weighted by atomic mass is 16.2. The molecule has 150 valence electrons. The van der Waals surface area contributed by atoms with E-state index in [2.05, 4.69) is 20.6 Å². The summed E-state index contributed by atoms with van der Waals surface area (Å²) in [5.41, 5.74) is 2.87. The Balaban J connectivity index is 1.55. The number of aromatic nitrogens is 1. The highest BCUT2D eigenvalue weighted by molar-refractivity contribution is 6.15. The molecule has 7 nitrogen and oxygen atoms in total. The van der Waals surface area contributed by atoms with Crippen molar-refractivity contribution >= 4 is 34.5 Å². The monoisotopic (exact) mass is 400 g/mol. The maximum Gasteiger partial charge on any atom is 0.259 e. The van der Waals surface area contributed by atoms with E-state index in [1.807, 2.05) is 54.6 Å². The Morgan fingerprint density at radius 3 is 2.57 bits per heavy atom. The van der Waals surface area contributed by atoms with Crippen molar-refractivity contribution in [1.82, 2.24) is 15.6 Å². The first kappa shape index (κ1) is 19.4. The van der Waals surface area contributed by atoms with Crippen molar-refractivity contribution < 1.29 is 14.4 Å². The average molecular weight is 400 g/mol. The molecule has 2 aromatic carbocycles. The number of nitrogens with zero attached hydrogens (tertiary/aromatic N) is 2. The first-order chi connectivity index (χ1) is 14.5. The normalized spacial score (nSPS) is 16.2. The summed E-state index contributed by atoms with van der Waals surface area (Å²) < 4.78 is 0. The van der Waals surface area contributed by atoms with E-state index in [-0.39, 0.29) is 30.6 Å². The summed E-state index contributed by atoms with van der Waals surface area (Å²) in [5, 5.41) is 6.20. The standard InChI is InChI=1S/C23H20N4O3/c1-14-21(28)26-20(27-22(14)29)11-12-24-23(30)17-13-19(15-7-3-2-4-8-15)25-18-10-6-5-9-16(17)18/h2-10,13-14H,11-12H2,1H3,(H,24,30)(H,26,27,28,29). The molecule has 3 aromatic rings. The van der Waals surface area contributed by atoms with Crippen LogP contribution in [0.2, 0.25) is 0 Å². The number of nitrogens with one attached hydrogen (secondary N) is 2. The molecule has 0 bridgehead atoms. The van der Waals surface area contributed by atoms with Crippen LogP contribution in [-0.2, 0) is 9.59 Å². The number of amides is 3. The van der Waals surface area contributed by atoms with E-state index in [0.717, 1.165) is 16.5 Å². The summed E-state index contributed by atoms with van der Waals surface area (Å²) in [5.74, 6) is -1.60. The first-order valence-electron chi connectivity index (χ1n) is 9.68. The molecule has 0 aliphatic carbocycles. The van der Waals surface area contributed by atoms with Gasteiger partial charge in [0.25, 0.3) is 11.8 Å². The lowest BCUT2D eigenvalue weighted by Gasteiger charge is -2.17. The summed E-state index contributed by atoms with van der Waals surface area (Å²) in [4.78, 5) is 44.9. The molecule has 1 aliphatic heterocycles. The van der Waals surface area contributed by atoms with Gasteiger partial charge in [0.15, 0.2) is 0 Å². The van der Waals surface area contributed by atoms with E-state index in [1.54, 1.807) is 6.07 Å². The van der Waals surface area contributed by atoms with Gasteiger partial charge in [-0.05, 0) is 19.1 Å². The number of benzene rings is 2. The minimum atomic E-state index is -0.775. The molecular weight excluding hydrogens is 380 g/mol. The maximum atomic E-state index is 12.9. The van der Waals surface area contributed by atoms with Crippen molar-refractivity contribution in [3.8, 4) is 11.3 Å².